The minimum atomic E-state index is -0.181. The number of hydrogen-bond donors (Lipinski definition) is 0. The molecule has 0 heterocycles. The molecule has 0 spiro atoms. The maximum atomic E-state index is 11.8. The van der Waals surface area contributed by atoms with E-state index < -0.39 is 0 Å². The van der Waals surface area contributed by atoms with Crippen LogP contribution in [-0.4, -0.2) is 17.2 Å². The Morgan fingerprint density at radius 1 is 1.53 bits per heavy atom. The number of rotatable bonds is 4. The van der Waals surface area contributed by atoms with E-state index in [2.05, 4.69) is 15.9 Å². The first-order chi connectivity index (χ1) is 7.06. The quantitative estimate of drug-likeness (QED) is 0.620. The van der Waals surface area contributed by atoms with E-state index in [4.69, 9.17) is 4.74 Å². The van der Waals surface area contributed by atoms with Crippen molar-refractivity contribution in [3.8, 4) is 5.75 Å². The molecule has 0 amide bonds. The first kappa shape index (κ1) is 12.2. The molecule has 3 heteroatoms. The lowest BCUT2D eigenvalue weighted by molar-refractivity contribution is 0.0992. The van der Waals surface area contributed by atoms with Crippen LogP contribution >= 0.6 is 15.9 Å². The number of benzene rings is 1. The molecule has 0 N–H and O–H groups in total. The van der Waals surface area contributed by atoms with Gasteiger partial charge in [-0.15, -0.1) is 0 Å². The van der Waals surface area contributed by atoms with Crippen molar-refractivity contribution in [2.45, 2.75) is 25.6 Å². The number of ether oxygens (including phenoxy) is 1. The van der Waals surface area contributed by atoms with Crippen LogP contribution in [0.4, 0.5) is 0 Å². The molecular weight excluding hydrogens is 256 g/mol. The highest BCUT2D eigenvalue weighted by molar-refractivity contribution is 9.10. The van der Waals surface area contributed by atoms with E-state index >= 15 is 0 Å². The molecule has 0 bridgehead atoms. The molecule has 0 saturated carbocycles. The Hall–Kier alpha value is -0.830. The third-order valence-electron chi connectivity index (χ3n) is 2.06. The minimum Gasteiger partial charge on any atom is -0.493 e. The van der Waals surface area contributed by atoms with Crippen LogP contribution in [0.5, 0.6) is 5.75 Å². The number of halogens is 1. The summed E-state index contributed by atoms with van der Waals surface area (Å²) < 4.78 is 5.45. The smallest absolute Gasteiger partial charge is 0.179 e. The van der Waals surface area contributed by atoms with Crippen LogP contribution in [0, 0.1) is 6.92 Å². The van der Waals surface area contributed by atoms with Gasteiger partial charge < -0.3 is 4.74 Å². The van der Waals surface area contributed by atoms with Crippen LogP contribution in [0.3, 0.4) is 0 Å². The maximum absolute atomic E-state index is 11.8. The zero-order valence-electron chi connectivity index (χ0n) is 9.21. The zero-order valence-corrected chi connectivity index (χ0v) is 10.8. The van der Waals surface area contributed by atoms with Crippen LogP contribution in [-0.2, 0) is 0 Å². The SMILES string of the molecule is CCOc1cc(C)ccc1C(=O)C(C)Br. The Morgan fingerprint density at radius 2 is 2.20 bits per heavy atom. The molecule has 0 fully saturated rings. The van der Waals surface area contributed by atoms with Crippen molar-refractivity contribution in [2.24, 2.45) is 0 Å². The topological polar surface area (TPSA) is 26.3 Å². The summed E-state index contributed by atoms with van der Waals surface area (Å²) in [6, 6.07) is 5.64. The van der Waals surface area contributed by atoms with Crippen molar-refractivity contribution in [3.63, 3.8) is 0 Å². The zero-order chi connectivity index (χ0) is 11.4. The molecule has 0 radical (unpaired) electrons. The number of ketones is 1. The molecule has 15 heavy (non-hydrogen) atoms. The van der Waals surface area contributed by atoms with E-state index in [1.54, 1.807) is 0 Å². The van der Waals surface area contributed by atoms with E-state index in [-0.39, 0.29) is 10.6 Å². The molecule has 0 aliphatic rings. The lowest BCUT2D eigenvalue weighted by Gasteiger charge is -2.11. The van der Waals surface area contributed by atoms with Crippen molar-refractivity contribution in [2.75, 3.05) is 6.61 Å². The average molecular weight is 271 g/mol. The summed E-state index contributed by atoms with van der Waals surface area (Å²) >= 11 is 3.28. The van der Waals surface area contributed by atoms with Gasteiger partial charge in [0.2, 0.25) is 0 Å². The first-order valence-electron chi connectivity index (χ1n) is 4.98. The average Bonchev–Trinajstić information content (AvgIpc) is 2.17. The molecule has 1 unspecified atom stereocenters. The summed E-state index contributed by atoms with van der Waals surface area (Å²) in [5, 5.41) is 0. The van der Waals surface area contributed by atoms with Gasteiger partial charge in [0.15, 0.2) is 5.78 Å². The van der Waals surface area contributed by atoms with Crippen LogP contribution in [0.25, 0.3) is 0 Å². The monoisotopic (exact) mass is 270 g/mol. The molecule has 1 rings (SSSR count). The van der Waals surface area contributed by atoms with Gasteiger partial charge in [0.25, 0.3) is 0 Å². The highest BCUT2D eigenvalue weighted by Gasteiger charge is 2.16. The molecule has 2 nitrogen and oxygen atoms in total. The molecule has 0 saturated heterocycles. The Morgan fingerprint density at radius 3 is 2.73 bits per heavy atom. The van der Waals surface area contributed by atoms with Crippen LogP contribution in [0.1, 0.15) is 29.8 Å². The second-order valence-corrected chi connectivity index (χ2v) is 4.79. The predicted molar refractivity (Wildman–Crippen MR) is 65.1 cm³/mol. The largest absolute Gasteiger partial charge is 0.493 e. The van der Waals surface area contributed by atoms with E-state index in [0.717, 1.165) is 5.56 Å². The number of hydrogen-bond acceptors (Lipinski definition) is 2. The molecule has 0 aromatic heterocycles. The molecule has 1 atom stereocenters. The molecule has 1 aromatic carbocycles. The van der Waals surface area contributed by atoms with Crippen molar-refractivity contribution in [3.05, 3.63) is 29.3 Å². The van der Waals surface area contributed by atoms with Gasteiger partial charge in [-0.05, 0) is 38.5 Å². The van der Waals surface area contributed by atoms with E-state index in [1.165, 1.54) is 0 Å². The fourth-order valence-corrected chi connectivity index (χ4v) is 1.57. The number of alkyl halides is 1. The summed E-state index contributed by atoms with van der Waals surface area (Å²) in [5.41, 5.74) is 1.74. The molecule has 1 aromatic rings. The highest BCUT2D eigenvalue weighted by atomic mass is 79.9. The summed E-state index contributed by atoms with van der Waals surface area (Å²) in [6.07, 6.45) is 0. The minimum absolute atomic E-state index is 0.0541. The van der Waals surface area contributed by atoms with Gasteiger partial charge in [0.1, 0.15) is 5.75 Å². The van der Waals surface area contributed by atoms with Crippen LogP contribution in [0.15, 0.2) is 18.2 Å². The second-order valence-electron chi connectivity index (χ2n) is 3.41. The van der Waals surface area contributed by atoms with E-state index in [0.29, 0.717) is 17.9 Å². The van der Waals surface area contributed by atoms with Gasteiger partial charge >= 0.3 is 0 Å². The lowest BCUT2D eigenvalue weighted by atomic mass is 10.1. The standard InChI is InChI=1S/C12H15BrO2/c1-4-15-11-7-8(2)5-6-10(11)12(14)9(3)13/h5-7,9H,4H2,1-3H3. The van der Waals surface area contributed by atoms with E-state index in [9.17, 15) is 4.79 Å². The maximum Gasteiger partial charge on any atom is 0.179 e. The third kappa shape index (κ3) is 3.06. The Kier molecular flexibility index (Phi) is 4.33. The Bertz CT molecular complexity index is 359. The molecular formula is C12H15BrO2. The Balaban J connectivity index is 3.10. The summed E-state index contributed by atoms with van der Waals surface area (Å²) in [4.78, 5) is 11.6. The Labute approximate surface area is 98.8 Å². The van der Waals surface area contributed by atoms with Gasteiger partial charge in [-0.1, -0.05) is 22.0 Å². The van der Waals surface area contributed by atoms with Crippen molar-refractivity contribution < 1.29 is 9.53 Å². The first-order valence-corrected chi connectivity index (χ1v) is 5.89. The fraction of sp³-hybridized carbons (Fsp3) is 0.417. The third-order valence-corrected chi connectivity index (χ3v) is 2.48. The van der Waals surface area contributed by atoms with Crippen molar-refractivity contribution in [1.82, 2.24) is 0 Å². The van der Waals surface area contributed by atoms with Gasteiger partial charge in [-0.2, -0.15) is 0 Å². The molecule has 82 valence electrons. The summed E-state index contributed by atoms with van der Waals surface area (Å²) in [7, 11) is 0. The predicted octanol–water partition coefficient (Wildman–Crippen LogP) is 3.36. The number of Topliss-reactive ketones (excluding diaryl/α,β-unsaturated/α-hetero) is 1. The van der Waals surface area contributed by atoms with Crippen molar-refractivity contribution >= 4 is 21.7 Å². The van der Waals surface area contributed by atoms with Crippen LogP contribution in [0.2, 0.25) is 0 Å². The highest BCUT2D eigenvalue weighted by Crippen LogP contribution is 2.23. The normalized spacial score (nSPS) is 12.3. The number of carbonyl (C=O) groups is 1. The molecule has 0 aliphatic heterocycles. The number of aryl methyl sites for hydroxylation is 1. The fourth-order valence-electron chi connectivity index (χ4n) is 1.32. The lowest BCUT2D eigenvalue weighted by Crippen LogP contribution is -2.12. The van der Waals surface area contributed by atoms with Gasteiger partial charge in [0, 0.05) is 0 Å². The number of carbonyl (C=O) groups excluding carboxylic acids is 1. The summed E-state index contributed by atoms with van der Waals surface area (Å²) in [6.45, 7) is 6.28. The van der Waals surface area contributed by atoms with Gasteiger partial charge in [-0.3, -0.25) is 4.79 Å². The van der Waals surface area contributed by atoms with Crippen LogP contribution < -0.4 is 4.74 Å². The van der Waals surface area contributed by atoms with E-state index in [1.807, 2.05) is 39.0 Å². The van der Waals surface area contributed by atoms with Gasteiger partial charge in [0.05, 0.1) is 17.0 Å². The molecule has 0 aliphatic carbocycles. The van der Waals surface area contributed by atoms with Crippen molar-refractivity contribution in [1.29, 1.82) is 0 Å². The van der Waals surface area contributed by atoms with Gasteiger partial charge in [-0.25, -0.2) is 0 Å². The summed E-state index contributed by atoms with van der Waals surface area (Å²) in [5.74, 6) is 0.729. The second kappa shape index (κ2) is 5.31.